The van der Waals surface area contributed by atoms with Gasteiger partial charge in [0.2, 0.25) is 0 Å². The van der Waals surface area contributed by atoms with Crippen LogP contribution in [0.5, 0.6) is 0 Å². The topological polar surface area (TPSA) is 24.1 Å². The van der Waals surface area contributed by atoms with Crippen LogP contribution >= 0.6 is 11.3 Å². The van der Waals surface area contributed by atoms with Crippen LogP contribution in [0.3, 0.4) is 0 Å². The van der Waals surface area contributed by atoms with Crippen molar-refractivity contribution < 1.29 is 0 Å². The summed E-state index contributed by atoms with van der Waals surface area (Å²) in [6, 6.07) is 4.93. The summed E-state index contributed by atoms with van der Waals surface area (Å²) in [5, 5.41) is 6.94. The summed E-state index contributed by atoms with van der Waals surface area (Å²) in [5.41, 5.74) is 0. The molecule has 1 heterocycles. The number of thiophene rings is 1. The zero-order chi connectivity index (χ0) is 11.1. The zero-order valence-corrected chi connectivity index (χ0v) is 10.8. The number of hydrogen-bond donors (Lipinski definition) is 2. The average molecular weight is 226 g/mol. The largest absolute Gasteiger partial charge is 0.315 e. The molecule has 3 heteroatoms. The molecule has 0 amide bonds. The number of hydrogen-bond acceptors (Lipinski definition) is 3. The first kappa shape index (κ1) is 12.7. The zero-order valence-electron chi connectivity index (χ0n) is 9.97. The lowest BCUT2D eigenvalue weighted by atomic mass is 10.3. The van der Waals surface area contributed by atoms with Crippen LogP contribution in [0.25, 0.3) is 0 Å². The second-order valence-corrected chi connectivity index (χ2v) is 5.37. The van der Waals surface area contributed by atoms with Crippen molar-refractivity contribution in [3.8, 4) is 0 Å². The molecular weight excluding hydrogens is 204 g/mol. The van der Waals surface area contributed by atoms with E-state index >= 15 is 0 Å². The van der Waals surface area contributed by atoms with Gasteiger partial charge in [0.25, 0.3) is 0 Å². The molecule has 0 spiro atoms. The standard InChI is InChI=1S/C12H22N2S/c1-4-7-13-8-10(2)14-9-12-6-5-11(3)15-12/h5-6,10,13-14H,4,7-9H2,1-3H3. The smallest absolute Gasteiger partial charge is 0.0302 e. The van der Waals surface area contributed by atoms with Crippen LogP contribution < -0.4 is 10.6 Å². The molecule has 1 aromatic rings. The van der Waals surface area contributed by atoms with Gasteiger partial charge >= 0.3 is 0 Å². The Labute approximate surface area is 97.1 Å². The van der Waals surface area contributed by atoms with Crippen molar-refractivity contribution in [2.75, 3.05) is 13.1 Å². The van der Waals surface area contributed by atoms with E-state index in [1.165, 1.54) is 16.2 Å². The summed E-state index contributed by atoms with van der Waals surface area (Å²) in [5.74, 6) is 0. The van der Waals surface area contributed by atoms with Crippen LogP contribution in [0.4, 0.5) is 0 Å². The first-order valence-electron chi connectivity index (χ1n) is 5.71. The van der Waals surface area contributed by atoms with Gasteiger partial charge in [0.1, 0.15) is 0 Å². The Hall–Kier alpha value is -0.380. The molecule has 86 valence electrons. The van der Waals surface area contributed by atoms with E-state index in [-0.39, 0.29) is 0 Å². The molecule has 2 nitrogen and oxygen atoms in total. The summed E-state index contributed by atoms with van der Waals surface area (Å²) < 4.78 is 0. The van der Waals surface area contributed by atoms with E-state index in [2.05, 4.69) is 43.5 Å². The Morgan fingerprint density at radius 2 is 2.20 bits per heavy atom. The van der Waals surface area contributed by atoms with Crippen molar-refractivity contribution in [3.05, 3.63) is 21.9 Å². The second-order valence-electron chi connectivity index (χ2n) is 4.00. The lowest BCUT2D eigenvalue weighted by Gasteiger charge is -2.13. The Balaban J connectivity index is 2.13. The van der Waals surface area contributed by atoms with Gasteiger partial charge < -0.3 is 10.6 Å². The van der Waals surface area contributed by atoms with Crippen molar-refractivity contribution in [1.82, 2.24) is 10.6 Å². The molecule has 1 rings (SSSR count). The minimum atomic E-state index is 0.541. The van der Waals surface area contributed by atoms with Gasteiger partial charge in [-0.2, -0.15) is 0 Å². The highest BCUT2D eigenvalue weighted by Gasteiger charge is 2.01. The average Bonchev–Trinajstić information content (AvgIpc) is 2.62. The van der Waals surface area contributed by atoms with Gasteiger partial charge in [-0.05, 0) is 38.9 Å². The van der Waals surface area contributed by atoms with Crippen LogP contribution in [0.15, 0.2) is 12.1 Å². The Kier molecular flexibility index (Phi) is 5.91. The number of rotatable bonds is 7. The van der Waals surface area contributed by atoms with Gasteiger partial charge in [-0.3, -0.25) is 0 Å². The fraction of sp³-hybridized carbons (Fsp3) is 0.667. The quantitative estimate of drug-likeness (QED) is 0.698. The highest BCUT2D eigenvalue weighted by molar-refractivity contribution is 7.11. The van der Waals surface area contributed by atoms with Crippen molar-refractivity contribution in [2.45, 2.75) is 39.8 Å². The lowest BCUT2D eigenvalue weighted by molar-refractivity contribution is 0.503. The number of aryl methyl sites for hydroxylation is 1. The first-order valence-corrected chi connectivity index (χ1v) is 6.53. The van der Waals surface area contributed by atoms with E-state index in [0.717, 1.165) is 19.6 Å². The third-order valence-electron chi connectivity index (χ3n) is 2.30. The van der Waals surface area contributed by atoms with E-state index in [1.807, 2.05) is 11.3 Å². The molecule has 0 aliphatic carbocycles. The monoisotopic (exact) mass is 226 g/mol. The Morgan fingerprint density at radius 1 is 1.40 bits per heavy atom. The van der Waals surface area contributed by atoms with E-state index < -0.39 is 0 Å². The molecule has 15 heavy (non-hydrogen) atoms. The summed E-state index contributed by atoms with van der Waals surface area (Å²) >= 11 is 1.88. The summed E-state index contributed by atoms with van der Waals surface area (Å²) in [7, 11) is 0. The van der Waals surface area contributed by atoms with Gasteiger partial charge in [-0.25, -0.2) is 0 Å². The van der Waals surface area contributed by atoms with E-state index in [1.54, 1.807) is 0 Å². The summed E-state index contributed by atoms with van der Waals surface area (Å²) in [6.07, 6.45) is 1.21. The molecular formula is C12H22N2S. The van der Waals surface area contributed by atoms with Gasteiger partial charge in [0, 0.05) is 28.9 Å². The highest BCUT2D eigenvalue weighted by Crippen LogP contribution is 2.14. The molecule has 1 atom stereocenters. The Morgan fingerprint density at radius 3 is 2.80 bits per heavy atom. The fourth-order valence-electron chi connectivity index (χ4n) is 1.42. The van der Waals surface area contributed by atoms with Crippen LogP contribution in [-0.2, 0) is 6.54 Å². The summed E-state index contributed by atoms with van der Waals surface area (Å²) in [6.45, 7) is 9.73. The van der Waals surface area contributed by atoms with Crippen molar-refractivity contribution in [1.29, 1.82) is 0 Å². The molecule has 1 aromatic heterocycles. The predicted octanol–water partition coefficient (Wildman–Crippen LogP) is 2.53. The Bertz CT molecular complexity index is 270. The molecule has 0 aromatic carbocycles. The lowest BCUT2D eigenvalue weighted by Crippen LogP contribution is -2.36. The molecule has 0 radical (unpaired) electrons. The van der Waals surface area contributed by atoms with Crippen LogP contribution in [0.2, 0.25) is 0 Å². The highest BCUT2D eigenvalue weighted by atomic mass is 32.1. The van der Waals surface area contributed by atoms with Gasteiger partial charge in [-0.15, -0.1) is 11.3 Å². The molecule has 0 aliphatic rings. The molecule has 0 saturated carbocycles. The van der Waals surface area contributed by atoms with Gasteiger partial charge in [0.05, 0.1) is 0 Å². The maximum absolute atomic E-state index is 3.52. The molecule has 0 fully saturated rings. The molecule has 1 unspecified atom stereocenters. The minimum absolute atomic E-state index is 0.541. The van der Waals surface area contributed by atoms with Gasteiger partial charge in [-0.1, -0.05) is 6.92 Å². The third-order valence-corrected chi connectivity index (χ3v) is 3.30. The van der Waals surface area contributed by atoms with Crippen LogP contribution in [0, 0.1) is 6.92 Å². The van der Waals surface area contributed by atoms with Crippen LogP contribution in [0.1, 0.15) is 30.0 Å². The van der Waals surface area contributed by atoms with E-state index in [4.69, 9.17) is 0 Å². The van der Waals surface area contributed by atoms with E-state index in [0.29, 0.717) is 6.04 Å². The first-order chi connectivity index (χ1) is 7.22. The van der Waals surface area contributed by atoms with Crippen LogP contribution in [-0.4, -0.2) is 19.1 Å². The predicted molar refractivity (Wildman–Crippen MR) is 68.5 cm³/mol. The number of nitrogens with one attached hydrogen (secondary N) is 2. The molecule has 0 saturated heterocycles. The molecule has 0 bridgehead atoms. The SMILES string of the molecule is CCCNCC(C)NCc1ccc(C)s1. The van der Waals surface area contributed by atoms with E-state index in [9.17, 15) is 0 Å². The maximum atomic E-state index is 3.52. The van der Waals surface area contributed by atoms with Gasteiger partial charge in [0.15, 0.2) is 0 Å². The summed E-state index contributed by atoms with van der Waals surface area (Å²) in [4.78, 5) is 2.82. The normalized spacial score (nSPS) is 13.0. The molecule has 2 N–H and O–H groups in total. The fourth-order valence-corrected chi connectivity index (χ4v) is 2.26. The van der Waals surface area contributed by atoms with Crippen molar-refractivity contribution in [3.63, 3.8) is 0 Å². The second kappa shape index (κ2) is 6.99. The van der Waals surface area contributed by atoms with Crippen molar-refractivity contribution >= 4 is 11.3 Å². The molecule has 0 aliphatic heterocycles. The van der Waals surface area contributed by atoms with Crippen molar-refractivity contribution in [2.24, 2.45) is 0 Å². The third kappa shape index (κ3) is 5.30. The maximum Gasteiger partial charge on any atom is 0.0302 e. The minimum Gasteiger partial charge on any atom is -0.315 e.